The van der Waals surface area contributed by atoms with Gasteiger partial charge in [0, 0.05) is 5.56 Å². The normalized spacial score (nSPS) is 13.6. The molecule has 3 rings (SSSR count). The van der Waals surface area contributed by atoms with Gasteiger partial charge in [0.1, 0.15) is 12.4 Å². The van der Waals surface area contributed by atoms with Crippen molar-refractivity contribution in [1.82, 2.24) is 0 Å². The van der Waals surface area contributed by atoms with Crippen LogP contribution in [0.2, 0.25) is 0 Å². The van der Waals surface area contributed by atoms with E-state index >= 15 is 0 Å². The van der Waals surface area contributed by atoms with Gasteiger partial charge in [0.05, 0.1) is 5.69 Å². The molecule has 0 heterocycles. The van der Waals surface area contributed by atoms with E-state index in [0.29, 0.717) is 18.2 Å². The molecule has 138 valence electrons. The molecular formula is C21H25NO3S. The molecule has 1 amide bonds. The highest BCUT2D eigenvalue weighted by Crippen LogP contribution is 2.44. The van der Waals surface area contributed by atoms with E-state index in [9.17, 15) is 10.0 Å². The smallest absolute Gasteiger partial charge is 0.309 e. The van der Waals surface area contributed by atoms with Gasteiger partial charge in [0.15, 0.2) is 0 Å². The summed E-state index contributed by atoms with van der Waals surface area (Å²) in [6.07, 6.45) is 3.94. The second-order valence-electron chi connectivity index (χ2n) is 6.89. The van der Waals surface area contributed by atoms with Gasteiger partial charge in [-0.25, -0.2) is 0 Å². The number of amides is 1. The number of hydroxylamine groups is 1. The van der Waals surface area contributed by atoms with Gasteiger partial charge in [-0.1, -0.05) is 30.0 Å². The highest BCUT2D eigenvalue weighted by Gasteiger charge is 2.29. The molecule has 5 heteroatoms. The van der Waals surface area contributed by atoms with E-state index in [-0.39, 0.29) is 0 Å². The maximum atomic E-state index is 12.0. The minimum atomic E-state index is -0.401. The zero-order chi connectivity index (χ0) is 18.8. The van der Waals surface area contributed by atoms with Crippen LogP contribution in [0.5, 0.6) is 5.75 Å². The monoisotopic (exact) mass is 371 g/mol. The van der Waals surface area contributed by atoms with Crippen LogP contribution < -0.4 is 9.80 Å². The summed E-state index contributed by atoms with van der Waals surface area (Å²) in [5, 5.41) is 10.7. The molecule has 1 saturated carbocycles. The van der Waals surface area contributed by atoms with Crippen LogP contribution in [0.4, 0.5) is 10.5 Å². The van der Waals surface area contributed by atoms with E-state index < -0.39 is 5.24 Å². The molecule has 0 bridgehead atoms. The van der Waals surface area contributed by atoms with E-state index in [1.807, 2.05) is 19.1 Å². The molecule has 0 unspecified atom stereocenters. The van der Waals surface area contributed by atoms with Crippen LogP contribution in [0.25, 0.3) is 0 Å². The largest absolute Gasteiger partial charge is 0.489 e. The highest BCUT2D eigenvalue weighted by molar-refractivity contribution is 8.13. The van der Waals surface area contributed by atoms with Crippen LogP contribution in [0.15, 0.2) is 30.3 Å². The molecule has 0 atom stereocenters. The standard InChI is InChI=1S/C21H25NO3S/c1-13-10-15(3)20(11-14(13)2)25-12-18-17(16-8-9-16)6-5-7-19(18)22(24)21(23)26-4/h5-7,10-11,16,24H,8-9,12H2,1-4H3. The van der Waals surface area contributed by atoms with Gasteiger partial charge in [-0.3, -0.25) is 10.0 Å². The quantitative estimate of drug-likeness (QED) is 0.537. The Bertz CT molecular complexity index is 830. The number of aryl methyl sites for hydroxylation is 3. The summed E-state index contributed by atoms with van der Waals surface area (Å²) in [5.74, 6) is 1.33. The summed E-state index contributed by atoms with van der Waals surface area (Å²) < 4.78 is 6.13. The molecule has 0 spiro atoms. The highest BCUT2D eigenvalue weighted by atomic mass is 32.2. The first-order chi connectivity index (χ1) is 12.4. The predicted octanol–water partition coefficient (Wildman–Crippen LogP) is 5.75. The van der Waals surface area contributed by atoms with Gasteiger partial charge in [-0.05, 0) is 80.2 Å². The fourth-order valence-corrected chi connectivity index (χ4v) is 3.42. The lowest BCUT2D eigenvalue weighted by atomic mass is 10.0. The third-order valence-electron chi connectivity index (χ3n) is 4.94. The molecule has 1 aliphatic rings. The van der Waals surface area contributed by atoms with Crippen LogP contribution in [0.1, 0.15) is 46.6 Å². The minimum absolute atomic E-state index is 0.323. The van der Waals surface area contributed by atoms with Crippen molar-refractivity contribution < 1.29 is 14.7 Å². The number of ether oxygens (including phenoxy) is 1. The second-order valence-corrected chi connectivity index (χ2v) is 7.65. The van der Waals surface area contributed by atoms with E-state index in [4.69, 9.17) is 4.74 Å². The van der Waals surface area contributed by atoms with Gasteiger partial charge in [0.2, 0.25) is 0 Å². The number of rotatable bonds is 5. The van der Waals surface area contributed by atoms with Crippen molar-refractivity contribution >= 4 is 22.7 Å². The molecule has 26 heavy (non-hydrogen) atoms. The maximum Gasteiger partial charge on any atom is 0.309 e. The second kappa shape index (κ2) is 7.72. The van der Waals surface area contributed by atoms with Crippen LogP contribution in [0.3, 0.4) is 0 Å². The zero-order valence-electron chi connectivity index (χ0n) is 15.7. The molecule has 1 N–H and O–H groups in total. The summed E-state index contributed by atoms with van der Waals surface area (Å²) in [6, 6.07) is 9.91. The Morgan fingerprint density at radius 1 is 1.19 bits per heavy atom. The summed E-state index contributed by atoms with van der Waals surface area (Å²) in [4.78, 5) is 12.0. The first-order valence-corrected chi connectivity index (χ1v) is 10.0. The Hall–Kier alpha value is -1.98. The molecule has 2 aromatic carbocycles. The Kier molecular flexibility index (Phi) is 5.58. The summed E-state index contributed by atoms with van der Waals surface area (Å²) >= 11 is 0.983. The number of hydrogen-bond acceptors (Lipinski definition) is 4. The molecule has 0 saturated heterocycles. The molecule has 0 radical (unpaired) electrons. The van der Waals surface area contributed by atoms with Crippen LogP contribution in [-0.2, 0) is 6.61 Å². The van der Waals surface area contributed by atoms with E-state index in [1.54, 1.807) is 12.3 Å². The van der Waals surface area contributed by atoms with Gasteiger partial charge in [0.25, 0.3) is 0 Å². The number of carbonyl (C=O) groups excluding carboxylic acids is 1. The summed E-state index contributed by atoms with van der Waals surface area (Å²) in [6.45, 7) is 6.51. The van der Waals surface area contributed by atoms with Crippen LogP contribution in [-0.4, -0.2) is 16.7 Å². The average Bonchev–Trinajstić information content (AvgIpc) is 3.47. The average molecular weight is 372 g/mol. The third kappa shape index (κ3) is 3.89. The van der Waals surface area contributed by atoms with E-state index in [2.05, 4.69) is 26.0 Å². The molecule has 4 nitrogen and oxygen atoms in total. The number of benzene rings is 2. The number of carbonyl (C=O) groups is 1. The molecule has 1 aliphatic carbocycles. The van der Waals surface area contributed by atoms with E-state index in [1.165, 1.54) is 11.1 Å². The first-order valence-electron chi connectivity index (χ1n) is 8.81. The lowest BCUT2D eigenvalue weighted by Crippen LogP contribution is -2.24. The van der Waals surface area contributed by atoms with Crippen LogP contribution >= 0.6 is 11.8 Å². The number of nitrogens with zero attached hydrogens (tertiary/aromatic N) is 1. The Morgan fingerprint density at radius 3 is 2.54 bits per heavy atom. The van der Waals surface area contributed by atoms with Crippen molar-refractivity contribution in [3.63, 3.8) is 0 Å². The number of anilines is 1. The van der Waals surface area contributed by atoms with Gasteiger partial charge < -0.3 is 4.74 Å². The Balaban J connectivity index is 1.93. The molecular weight excluding hydrogens is 346 g/mol. The predicted molar refractivity (Wildman–Crippen MR) is 107 cm³/mol. The zero-order valence-corrected chi connectivity index (χ0v) is 16.5. The van der Waals surface area contributed by atoms with Crippen molar-refractivity contribution in [2.45, 2.75) is 46.1 Å². The van der Waals surface area contributed by atoms with Gasteiger partial charge in [-0.15, -0.1) is 0 Å². The SMILES string of the molecule is CSC(=O)N(O)c1cccc(C2CC2)c1COc1cc(C)c(C)cc1C. The molecule has 1 fully saturated rings. The van der Waals surface area contributed by atoms with Crippen molar-refractivity contribution in [2.75, 3.05) is 11.3 Å². The first kappa shape index (κ1) is 18.8. The van der Waals surface area contributed by atoms with Crippen molar-refractivity contribution in [3.8, 4) is 5.75 Å². The molecule has 0 aromatic heterocycles. The van der Waals surface area contributed by atoms with Crippen molar-refractivity contribution in [1.29, 1.82) is 0 Å². The maximum absolute atomic E-state index is 12.0. The lowest BCUT2D eigenvalue weighted by molar-refractivity contribution is 0.223. The van der Waals surface area contributed by atoms with Gasteiger partial charge >= 0.3 is 5.24 Å². The fourth-order valence-electron chi connectivity index (χ4n) is 3.15. The number of thioether (sulfide) groups is 1. The minimum Gasteiger partial charge on any atom is -0.489 e. The number of hydrogen-bond donors (Lipinski definition) is 1. The van der Waals surface area contributed by atoms with Gasteiger partial charge in [-0.2, -0.15) is 5.06 Å². The molecule has 2 aromatic rings. The van der Waals surface area contributed by atoms with Crippen molar-refractivity contribution in [2.24, 2.45) is 0 Å². The molecule has 0 aliphatic heterocycles. The summed E-state index contributed by atoms with van der Waals surface area (Å²) in [7, 11) is 0. The lowest BCUT2D eigenvalue weighted by Gasteiger charge is -2.21. The summed E-state index contributed by atoms with van der Waals surface area (Å²) in [5.41, 5.74) is 6.06. The topological polar surface area (TPSA) is 49.8 Å². The van der Waals surface area contributed by atoms with E-state index in [0.717, 1.165) is 52.1 Å². The Morgan fingerprint density at radius 2 is 1.88 bits per heavy atom. The fraction of sp³-hybridized carbons (Fsp3) is 0.381. The Labute approximate surface area is 159 Å². The third-order valence-corrected chi connectivity index (χ3v) is 5.47. The van der Waals surface area contributed by atoms with Crippen LogP contribution in [0, 0.1) is 20.8 Å². The van der Waals surface area contributed by atoms with Crippen molar-refractivity contribution in [3.05, 3.63) is 58.1 Å².